The molecule has 3 rings (SSSR count). The lowest BCUT2D eigenvalue weighted by Crippen LogP contribution is -2.42. The Hall–Kier alpha value is -0.910. The molecule has 3 fully saturated rings. The van der Waals surface area contributed by atoms with Crippen LogP contribution in [-0.2, 0) is 9.53 Å². The summed E-state index contributed by atoms with van der Waals surface area (Å²) in [5, 5.41) is 19.9. The van der Waals surface area contributed by atoms with Gasteiger partial charge in [-0.1, -0.05) is 0 Å². The molecule has 2 amide bonds. The Morgan fingerprint density at radius 3 is 2.00 bits per heavy atom. The summed E-state index contributed by atoms with van der Waals surface area (Å²) in [6.07, 6.45) is 1.97. The molecule has 0 radical (unpaired) electrons. The predicted octanol–water partition coefficient (Wildman–Crippen LogP) is 1.29. The Kier molecular flexibility index (Phi) is 5.41. The van der Waals surface area contributed by atoms with Crippen molar-refractivity contribution in [1.82, 2.24) is 5.32 Å². The maximum absolute atomic E-state index is 11.3. The van der Waals surface area contributed by atoms with Gasteiger partial charge < -0.3 is 9.84 Å². The van der Waals surface area contributed by atoms with Gasteiger partial charge in [0.2, 0.25) is 0 Å². The second-order valence-corrected chi connectivity index (χ2v) is 7.66. The van der Waals surface area contributed by atoms with Crippen LogP contribution < -0.4 is 5.32 Å². The van der Waals surface area contributed by atoms with Gasteiger partial charge in [0.05, 0.1) is 6.07 Å². The van der Waals surface area contributed by atoms with Crippen molar-refractivity contribution in [2.75, 3.05) is 23.0 Å². The van der Waals surface area contributed by atoms with E-state index < -0.39 is 17.3 Å². The molecule has 3 aliphatic rings. The monoisotopic (exact) mass is 330 g/mol. The third-order valence-corrected chi connectivity index (χ3v) is 5.72. The zero-order chi connectivity index (χ0) is 15.3. The van der Waals surface area contributed by atoms with Crippen molar-refractivity contribution < 1.29 is 19.4 Å². The molecule has 0 atom stereocenters. The third-order valence-electron chi connectivity index (χ3n) is 3.75. The normalized spacial score (nSPS) is 26.1. The molecule has 0 unspecified atom stereocenters. The van der Waals surface area contributed by atoms with Crippen molar-refractivity contribution in [2.24, 2.45) is 0 Å². The molecule has 0 aromatic rings. The number of thioether (sulfide) groups is 2. The average Bonchev–Trinajstić information content (AvgIpc) is 2.75. The molecule has 3 saturated heterocycles. The van der Waals surface area contributed by atoms with E-state index in [0.717, 1.165) is 23.0 Å². The van der Waals surface area contributed by atoms with Crippen LogP contribution in [0.5, 0.6) is 0 Å². The molecule has 2 N–H and O–H groups in total. The number of nitrogens with zero attached hydrogens (tertiary/aromatic N) is 1. The first-order chi connectivity index (χ1) is 10.00. The van der Waals surface area contributed by atoms with Crippen LogP contribution in [0.3, 0.4) is 0 Å². The summed E-state index contributed by atoms with van der Waals surface area (Å²) >= 11 is 3.59. The van der Waals surface area contributed by atoms with Gasteiger partial charge in [0.1, 0.15) is 0 Å². The zero-order valence-corrected chi connectivity index (χ0v) is 13.2. The summed E-state index contributed by atoms with van der Waals surface area (Å²) in [5.41, 5.74) is -1.81. The SMILES string of the molecule is N#CC1(O)CCSCC1.O=C1NC(=O)C2(CCSCC2)O1. The fourth-order valence-corrected chi connectivity index (χ4v) is 4.63. The first-order valence-corrected chi connectivity index (χ1v) is 9.14. The average molecular weight is 330 g/mol. The smallest absolute Gasteiger partial charge is 0.415 e. The summed E-state index contributed by atoms with van der Waals surface area (Å²) in [5.74, 6) is 3.36. The summed E-state index contributed by atoms with van der Waals surface area (Å²) < 4.78 is 4.99. The van der Waals surface area contributed by atoms with Crippen molar-refractivity contribution in [1.29, 1.82) is 5.26 Å². The van der Waals surface area contributed by atoms with E-state index in [0.29, 0.717) is 25.7 Å². The molecule has 0 bridgehead atoms. The zero-order valence-electron chi connectivity index (χ0n) is 11.6. The number of nitrogens with one attached hydrogen (secondary N) is 1. The van der Waals surface area contributed by atoms with E-state index in [2.05, 4.69) is 5.32 Å². The van der Waals surface area contributed by atoms with Gasteiger partial charge in [-0.2, -0.15) is 28.8 Å². The number of rotatable bonds is 0. The Bertz CT molecular complexity index is 452. The van der Waals surface area contributed by atoms with Crippen molar-refractivity contribution in [3.05, 3.63) is 0 Å². The minimum absolute atomic E-state index is 0.257. The number of carbonyl (C=O) groups is 2. The van der Waals surface area contributed by atoms with Gasteiger partial charge in [-0.05, 0) is 35.9 Å². The van der Waals surface area contributed by atoms with E-state index in [1.165, 1.54) is 0 Å². The van der Waals surface area contributed by atoms with Crippen LogP contribution >= 0.6 is 23.5 Å². The molecule has 0 saturated carbocycles. The van der Waals surface area contributed by atoms with E-state index in [1.807, 2.05) is 6.07 Å². The highest BCUT2D eigenvalue weighted by molar-refractivity contribution is 7.99. The maximum Gasteiger partial charge on any atom is 0.415 e. The van der Waals surface area contributed by atoms with E-state index >= 15 is 0 Å². The van der Waals surface area contributed by atoms with E-state index in [-0.39, 0.29) is 5.91 Å². The van der Waals surface area contributed by atoms with Gasteiger partial charge >= 0.3 is 6.09 Å². The third kappa shape index (κ3) is 4.05. The largest absolute Gasteiger partial charge is 0.432 e. The van der Waals surface area contributed by atoms with Crippen LogP contribution in [0.25, 0.3) is 0 Å². The highest BCUT2D eigenvalue weighted by Crippen LogP contribution is 2.33. The Morgan fingerprint density at radius 2 is 1.62 bits per heavy atom. The highest BCUT2D eigenvalue weighted by Gasteiger charge is 2.49. The van der Waals surface area contributed by atoms with Crippen LogP contribution in [0.1, 0.15) is 25.7 Å². The second-order valence-electron chi connectivity index (χ2n) is 5.21. The van der Waals surface area contributed by atoms with Crippen molar-refractivity contribution in [2.45, 2.75) is 36.9 Å². The van der Waals surface area contributed by atoms with Crippen LogP contribution in [0.2, 0.25) is 0 Å². The molecule has 0 aromatic carbocycles. The van der Waals surface area contributed by atoms with Gasteiger partial charge in [-0.15, -0.1) is 0 Å². The summed E-state index contributed by atoms with van der Waals surface area (Å²) in [6, 6.07) is 1.92. The summed E-state index contributed by atoms with van der Waals surface area (Å²) in [4.78, 5) is 22.1. The summed E-state index contributed by atoms with van der Waals surface area (Å²) in [7, 11) is 0. The van der Waals surface area contributed by atoms with Crippen molar-refractivity contribution >= 4 is 35.5 Å². The van der Waals surface area contributed by atoms with Crippen molar-refractivity contribution in [3.8, 4) is 6.07 Å². The fourth-order valence-electron chi connectivity index (χ4n) is 2.31. The van der Waals surface area contributed by atoms with Crippen molar-refractivity contribution in [3.63, 3.8) is 0 Å². The number of amides is 2. The quantitative estimate of drug-likeness (QED) is 0.646. The maximum atomic E-state index is 11.3. The Morgan fingerprint density at radius 1 is 1.10 bits per heavy atom. The van der Waals surface area contributed by atoms with Crippen LogP contribution in [0.4, 0.5) is 4.79 Å². The van der Waals surface area contributed by atoms with Crippen LogP contribution in [0, 0.1) is 11.3 Å². The van der Waals surface area contributed by atoms with Gasteiger partial charge in [-0.25, -0.2) is 4.79 Å². The van der Waals surface area contributed by atoms with E-state index in [1.54, 1.807) is 23.5 Å². The Labute approximate surface area is 132 Å². The molecule has 0 aromatic heterocycles. The number of hydrogen-bond donors (Lipinski definition) is 2. The number of aliphatic hydroxyl groups is 1. The minimum Gasteiger partial charge on any atom is -0.432 e. The van der Waals surface area contributed by atoms with Crippen LogP contribution in [-0.4, -0.2) is 51.3 Å². The topological polar surface area (TPSA) is 99.4 Å². The van der Waals surface area contributed by atoms with Gasteiger partial charge in [0.15, 0.2) is 11.2 Å². The van der Waals surface area contributed by atoms with Gasteiger partial charge in [0, 0.05) is 12.8 Å². The Balaban J connectivity index is 0.000000161. The highest BCUT2D eigenvalue weighted by atomic mass is 32.2. The molecular weight excluding hydrogens is 312 g/mol. The van der Waals surface area contributed by atoms with E-state index in [9.17, 15) is 14.7 Å². The lowest BCUT2D eigenvalue weighted by atomic mass is 9.96. The number of carbonyl (C=O) groups excluding carboxylic acids is 2. The molecule has 6 nitrogen and oxygen atoms in total. The second kappa shape index (κ2) is 6.90. The molecule has 8 heteroatoms. The molecule has 3 heterocycles. The fraction of sp³-hybridized carbons (Fsp3) is 0.769. The lowest BCUT2D eigenvalue weighted by molar-refractivity contribution is -0.131. The number of imide groups is 1. The number of ether oxygens (including phenoxy) is 1. The number of hydrogen-bond acceptors (Lipinski definition) is 7. The first kappa shape index (κ1) is 16.5. The molecule has 1 spiro atoms. The van der Waals surface area contributed by atoms with E-state index in [4.69, 9.17) is 10.00 Å². The lowest BCUT2D eigenvalue weighted by Gasteiger charge is -2.27. The minimum atomic E-state index is -0.995. The molecule has 116 valence electrons. The summed E-state index contributed by atoms with van der Waals surface area (Å²) in [6.45, 7) is 0. The first-order valence-electron chi connectivity index (χ1n) is 6.83. The standard InChI is InChI=1S/C7H9NO3S.C6H9NOS/c9-5-7(11-6(10)8-5)1-3-12-4-2-7;7-5-6(8)1-3-9-4-2-6/h1-4H2,(H,8,9,10);8H,1-4H2. The molecular formula is C13H18N2O4S2. The van der Waals surface area contributed by atoms with Crippen LogP contribution in [0.15, 0.2) is 0 Å². The number of alkyl carbamates (subject to hydrolysis) is 1. The number of nitriles is 1. The van der Waals surface area contributed by atoms with Gasteiger partial charge in [0.25, 0.3) is 5.91 Å². The molecule has 21 heavy (non-hydrogen) atoms. The predicted molar refractivity (Wildman–Crippen MR) is 81.0 cm³/mol. The molecule has 3 aliphatic heterocycles. The molecule has 0 aliphatic carbocycles. The van der Waals surface area contributed by atoms with Gasteiger partial charge in [-0.3, -0.25) is 10.1 Å².